The van der Waals surface area contributed by atoms with Crippen molar-refractivity contribution in [1.82, 2.24) is 9.78 Å². The van der Waals surface area contributed by atoms with E-state index in [0.29, 0.717) is 34.9 Å². The number of halogens is 1. The Bertz CT molecular complexity index is 797. The van der Waals surface area contributed by atoms with Crippen molar-refractivity contribution < 1.29 is 9.59 Å². The lowest BCUT2D eigenvalue weighted by atomic mass is 10.1. The quantitative estimate of drug-likeness (QED) is 0.860. The highest BCUT2D eigenvalue weighted by Crippen LogP contribution is 2.40. The van der Waals surface area contributed by atoms with E-state index in [2.05, 4.69) is 10.4 Å². The van der Waals surface area contributed by atoms with Crippen LogP contribution in [0.2, 0.25) is 0 Å². The number of aromatic nitrogens is 2. The molecule has 0 saturated carbocycles. The summed E-state index contributed by atoms with van der Waals surface area (Å²) in [5.74, 6) is -0.584. The largest absolute Gasteiger partial charge is 0.319 e. The van der Waals surface area contributed by atoms with Crippen molar-refractivity contribution in [1.29, 1.82) is 0 Å². The standard InChI is InChI=1S/C16H17ClN4O2/c1-4-10-13-14(20(3)19-10)15(22)18-11-7-5-6-8-12(11)21(13)16(23)9(2)17/h5-9H,4H2,1-3H3,(H,18,22). The molecule has 3 rings (SSSR count). The molecular weight excluding hydrogens is 316 g/mol. The molecule has 1 aromatic carbocycles. The third-order valence-corrected chi connectivity index (χ3v) is 4.01. The van der Waals surface area contributed by atoms with Crippen LogP contribution in [0.5, 0.6) is 0 Å². The van der Waals surface area contributed by atoms with E-state index < -0.39 is 5.38 Å². The Labute approximate surface area is 139 Å². The van der Waals surface area contributed by atoms with Gasteiger partial charge in [0.05, 0.1) is 17.1 Å². The van der Waals surface area contributed by atoms with Gasteiger partial charge in [0.15, 0.2) is 5.69 Å². The fraction of sp³-hybridized carbons (Fsp3) is 0.312. The summed E-state index contributed by atoms with van der Waals surface area (Å²) in [6.07, 6.45) is 0.596. The van der Waals surface area contributed by atoms with Crippen molar-refractivity contribution in [2.45, 2.75) is 25.6 Å². The number of nitrogens with one attached hydrogen (secondary N) is 1. The first kappa shape index (κ1) is 15.6. The lowest BCUT2D eigenvalue weighted by Crippen LogP contribution is -2.32. The van der Waals surface area contributed by atoms with Gasteiger partial charge in [0, 0.05) is 7.05 Å². The molecule has 0 saturated heterocycles. The third kappa shape index (κ3) is 2.39. The molecule has 0 fully saturated rings. The summed E-state index contributed by atoms with van der Waals surface area (Å²) in [7, 11) is 1.69. The van der Waals surface area contributed by atoms with E-state index in [1.165, 1.54) is 9.58 Å². The zero-order valence-corrected chi connectivity index (χ0v) is 13.9. The van der Waals surface area contributed by atoms with Crippen LogP contribution >= 0.6 is 11.6 Å². The number of carbonyl (C=O) groups excluding carboxylic acids is 2. The number of carbonyl (C=O) groups is 2. The van der Waals surface area contributed by atoms with Gasteiger partial charge in [-0.05, 0) is 25.5 Å². The number of alkyl halides is 1. The summed E-state index contributed by atoms with van der Waals surface area (Å²) in [5, 5.41) is 6.50. The van der Waals surface area contributed by atoms with Crippen molar-refractivity contribution in [2.75, 3.05) is 10.2 Å². The van der Waals surface area contributed by atoms with Gasteiger partial charge in [-0.2, -0.15) is 5.10 Å². The van der Waals surface area contributed by atoms with Crippen LogP contribution in [0.15, 0.2) is 24.3 Å². The predicted octanol–water partition coefficient (Wildman–Crippen LogP) is 2.84. The molecule has 1 aliphatic rings. The van der Waals surface area contributed by atoms with Crippen LogP contribution in [0.4, 0.5) is 17.1 Å². The molecule has 2 aromatic rings. The molecule has 2 amide bonds. The van der Waals surface area contributed by atoms with Gasteiger partial charge in [0.25, 0.3) is 5.91 Å². The molecule has 1 aromatic heterocycles. The summed E-state index contributed by atoms with van der Waals surface area (Å²) in [6, 6.07) is 7.17. The monoisotopic (exact) mass is 332 g/mol. The fourth-order valence-corrected chi connectivity index (χ4v) is 2.88. The normalized spacial score (nSPS) is 14.6. The fourth-order valence-electron chi connectivity index (χ4n) is 2.78. The second kappa shape index (κ2) is 5.70. The van der Waals surface area contributed by atoms with Crippen molar-refractivity contribution in [3.05, 3.63) is 35.7 Å². The summed E-state index contributed by atoms with van der Waals surface area (Å²) in [5.41, 5.74) is 2.71. The first-order valence-electron chi connectivity index (χ1n) is 7.40. The van der Waals surface area contributed by atoms with E-state index in [0.717, 1.165) is 0 Å². The minimum Gasteiger partial charge on any atom is -0.319 e. The Morgan fingerprint density at radius 3 is 2.74 bits per heavy atom. The Kier molecular flexibility index (Phi) is 3.85. The van der Waals surface area contributed by atoms with Gasteiger partial charge < -0.3 is 5.32 Å². The maximum Gasteiger partial charge on any atom is 0.276 e. The Hall–Kier alpha value is -2.34. The minimum atomic E-state index is -0.728. The molecule has 0 radical (unpaired) electrons. The molecule has 0 spiro atoms. The first-order chi connectivity index (χ1) is 11.0. The van der Waals surface area contributed by atoms with Gasteiger partial charge in [-0.3, -0.25) is 19.2 Å². The summed E-state index contributed by atoms with van der Waals surface area (Å²) >= 11 is 6.06. The van der Waals surface area contributed by atoms with Crippen molar-refractivity contribution in [2.24, 2.45) is 7.05 Å². The Morgan fingerprint density at radius 1 is 1.39 bits per heavy atom. The molecule has 6 nitrogen and oxygen atoms in total. The van der Waals surface area contributed by atoms with Gasteiger partial charge in [-0.25, -0.2) is 0 Å². The smallest absolute Gasteiger partial charge is 0.276 e. The number of nitrogens with zero attached hydrogens (tertiary/aromatic N) is 3. The van der Waals surface area contributed by atoms with E-state index in [9.17, 15) is 9.59 Å². The number of benzene rings is 1. The van der Waals surface area contributed by atoms with Crippen LogP contribution in [-0.2, 0) is 18.3 Å². The minimum absolute atomic E-state index is 0.292. The molecule has 2 heterocycles. The highest BCUT2D eigenvalue weighted by atomic mass is 35.5. The number of rotatable bonds is 2. The molecule has 1 aliphatic heterocycles. The zero-order chi connectivity index (χ0) is 16.7. The van der Waals surface area contributed by atoms with Crippen molar-refractivity contribution in [3.8, 4) is 0 Å². The predicted molar refractivity (Wildman–Crippen MR) is 89.4 cm³/mol. The van der Waals surface area contributed by atoms with Crippen molar-refractivity contribution in [3.63, 3.8) is 0 Å². The van der Waals surface area contributed by atoms with E-state index in [1.807, 2.05) is 13.0 Å². The number of fused-ring (bicyclic) bond motifs is 2. The molecular formula is C16H17ClN4O2. The molecule has 0 aliphatic carbocycles. The van der Waals surface area contributed by atoms with E-state index in [-0.39, 0.29) is 11.8 Å². The number of hydrogen-bond acceptors (Lipinski definition) is 3. The zero-order valence-electron chi connectivity index (χ0n) is 13.1. The molecule has 0 bridgehead atoms. The summed E-state index contributed by atoms with van der Waals surface area (Å²) in [4.78, 5) is 26.9. The number of anilines is 3. The molecule has 120 valence electrons. The number of hydrogen-bond donors (Lipinski definition) is 1. The van der Waals surface area contributed by atoms with E-state index in [1.54, 1.807) is 32.2 Å². The number of para-hydroxylation sites is 2. The molecule has 7 heteroatoms. The van der Waals surface area contributed by atoms with E-state index >= 15 is 0 Å². The average Bonchev–Trinajstić information content (AvgIpc) is 2.78. The first-order valence-corrected chi connectivity index (χ1v) is 7.83. The van der Waals surface area contributed by atoms with Gasteiger partial charge in [0.2, 0.25) is 5.91 Å². The topological polar surface area (TPSA) is 67.2 Å². The van der Waals surface area contributed by atoms with E-state index in [4.69, 9.17) is 11.6 Å². The Morgan fingerprint density at radius 2 is 2.09 bits per heavy atom. The lowest BCUT2D eigenvalue weighted by Gasteiger charge is -2.24. The summed E-state index contributed by atoms with van der Waals surface area (Å²) < 4.78 is 1.51. The van der Waals surface area contributed by atoms with Crippen LogP contribution in [-0.4, -0.2) is 27.0 Å². The van der Waals surface area contributed by atoms with Gasteiger partial charge in [-0.1, -0.05) is 19.1 Å². The highest BCUT2D eigenvalue weighted by molar-refractivity contribution is 6.34. The SMILES string of the molecule is CCc1nn(C)c2c1N(C(=O)C(C)Cl)c1ccccc1NC2=O. The van der Waals surface area contributed by atoms with Crippen LogP contribution in [0.1, 0.15) is 30.0 Å². The van der Waals surface area contributed by atoms with Gasteiger partial charge >= 0.3 is 0 Å². The second-order valence-corrected chi connectivity index (χ2v) is 6.04. The van der Waals surface area contributed by atoms with Crippen LogP contribution in [0.3, 0.4) is 0 Å². The maximum atomic E-state index is 12.8. The lowest BCUT2D eigenvalue weighted by molar-refractivity contribution is -0.117. The maximum absolute atomic E-state index is 12.8. The third-order valence-electron chi connectivity index (χ3n) is 3.82. The van der Waals surface area contributed by atoms with Crippen LogP contribution in [0, 0.1) is 0 Å². The summed E-state index contributed by atoms with van der Waals surface area (Å²) in [6.45, 7) is 3.55. The van der Waals surface area contributed by atoms with Crippen molar-refractivity contribution >= 4 is 40.5 Å². The average molecular weight is 333 g/mol. The second-order valence-electron chi connectivity index (χ2n) is 5.38. The molecule has 1 unspecified atom stereocenters. The van der Waals surface area contributed by atoms with Crippen LogP contribution in [0.25, 0.3) is 0 Å². The molecule has 23 heavy (non-hydrogen) atoms. The van der Waals surface area contributed by atoms with Gasteiger partial charge in [0.1, 0.15) is 11.1 Å². The van der Waals surface area contributed by atoms with Gasteiger partial charge in [-0.15, -0.1) is 11.6 Å². The Balaban J connectivity index is 2.35. The van der Waals surface area contributed by atoms with Crippen LogP contribution < -0.4 is 10.2 Å². The molecule has 1 atom stereocenters. The number of amides is 2. The highest BCUT2D eigenvalue weighted by Gasteiger charge is 2.35. The molecule has 1 N–H and O–H groups in total. The number of aryl methyl sites for hydroxylation is 2.